The van der Waals surface area contributed by atoms with E-state index in [9.17, 15) is 0 Å². The van der Waals surface area contributed by atoms with Crippen LogP contribution in [0.2, 0.25) is 0 Å². The van der Waals surface area contributed by atoms with E-state index in [0.717, 1.165) is 13.0 Å². The highest BCUT2D eigenvalue weighted by Crippen LogP contribution is 2.32. The predicted octanol–water partition coefficient (Wildman–Crippen LogP) is 4.57. The molecule has 0 radical (unpaired) electrons. The van der Waals surface area contributed by atoms with Gasteiger partial charge in [0, 0.05) is 23.8 Å². The topological polar surface area (TPSA) is 24.9 Å². The summed E-state index contributed by atoms with van der Waals surface area (Å²) in [4.78, 5) is 4.24. The minimum atomic E-state index is 0.404. The molecule has 1 N–H and O–H groups in total. The van der Waals surface area contributed by atoms with E-state index < -0.39 is 0 Å². The Morgan fingerprint density at radius 1 is 1.15 bits per heavy atom. The molecule has 0 aliphatic carbocycles. The van der Waals surface area contributed by atoms with Gasteiger partial charge >= 0.3 is 0 Å². The van der Waals surface area contributed by atoms with E-state index >= 15 is 0 Å². The second-order valence-corrected chi connectivity index (χ2v) is 5.98. The number of benzene rings is 1. The lowest BCUT2D eigenvalue weighted by molar-refractivity contribution is 0.305. The summed E-state index contributed by atoms with van der Waals surface area (Å²) in [5, 5.41) is 6.29. The number of aromatic nitrogens is 1. The minimum absolute atomic E-state index is 0.404. The van der Waals surface area contributed by atoms with Gasteiger partial charge in [-0.15, -0.1) is 0 Å². The monoisotopic (exact) mass is 270 g/mol. The van der Waals surface area contributed by atoms with Crippen molar-refractivity contribution in [2.24, 2.45) is 11.8 Å². The number of nitrogens with zero attached hydrogens (tertiary/aromatic N) is 1. The lowest BCUT2D eigenvalue weighted by Gasteiger charge is -2.29. The standard InChI is InChI=1S/C18H26N2/c1-5-10-20-18(14(4)13(2)3)17-8-6-7-15-12-19-11-9-16(15)17/h6-9,11-14,18,20H,5,10H2,1-4H3. The molecule has 2 aromatic rings. The largest absolute Gasteiger partial charge is 0.310 e. The third kappa shape index (κ3) is 3.18. The maximum Gasteiger partial charge on any atom is 0.0354 e. The van der Waals surface area contributed by atoms with Crippen LogP contribution >= 0.6 is 0 Å². The zero-order chi connectivity index (χ0) is 14.5. The van der Waals surface area contributed by atoms with Gasteiger partial charge in [-0.25, -0.2) is 0 Å². The van der Waals surface area contributed by atoms with Crippen LogP contribution < -0.4 is 5.32 Å². The Morgan fingerprint density at radius 3 is 2.65 bits per heavy atom. The summed E-state index contributed by atoms with van der Waals surface area (Å²) in [5.41, 5.74) is 1.40. The zero-order valence-electron chi connectivity index (χ0n) is 13.1. The summed E-state index contributed by atoms with van der Waals surface area (Å²) in [6.45, 7) is 10.2. The first kappa shape index (κ1) is 15.0. The molecule has 2 nitrogen and oxygen atoms in total. The summed E-state index contributed by atoms with van der Waals surface area (Å²) in [5.74, 6) is 1.25. The molecule has 0 bridgehead atoms. The Morgan fingerprint density at radius 2 is 1.95 bits per heavy atom. The van der Waals surface area contributed by atoms with Crippen LogP contribution in [0.5, 0.6) is 0 Å². The fraction of sp³-hybridized carbons (Fsp3) is 0.500. The van der Waals surface area contributed by atoms with Crippen molar-refractivity contribution in [3.8, 4) is 0 Å². The average molecular weight is 270 g/mol. The van der Waals surface area contributed by atoms with Crippen LogP contribution in [0.3, 0.4) is 0 Å². The van der Waals surface area contributed by atoms with E-state index in [-0.39, 0.29) is 0 Å². The summed E-state index contributed by atoms with van der Waals surface area (Å²) in [6.07, 6.45) is 5.01. The molecule has 0 saturated heterocycles. The first-order valence-electron chi connectivity index (χ1n) is 7.71. The van der Waals surface area contributed by atoms with Crippen molar-refractivity contribution in [2.45, 2.75) is 40.2 Å². The summed E-state index contributed by atoms with van der Waals surface area (Å²) in [7, 11) is 0. The van der Waals surface area contributed by atoms with E-state index in [1.165, 1.54) is 16.3 Å². The number of rotatable bonds is 6. The van der Waals surface area contributed by atoms with Crippen LogP contribution in [0.4, 0.5) is 0 Å². The summed E-state index contributed by atoms with van der Waals surface area (Å²) >= 11 is 0. The van der Waals surface area contributed by atoms with Crippen LogP contribution in [0.1, 0.15) is 45.7 Å². The van der Waals surface area contributed by atoms with Gasteiger partial charge in [-0.1, -0.05) is 45.9 Å². The van der Waals surface area contributed by atoms with Gasteiger partial charge in [0.05, 0.1) is 0 Å². The molecule has 1 heterocycles. The fourth-order valence-electron chi connectivity index (χ4n) is 2.68. The van der Waals surface area contributed by atoms with Gasteiger partial charge in [0.2, 0.25) is 0 Å². The molecule has 1 aromatic carbocycles. The SMILES string of the molecule is CCCNC(c1cccc2cnccc12)C(C)C(C)C. The van der Waals surface area contributed by atoms with Gasteiger partial charge in [0.15, 0.2) is 0 Å². The Labute approximate surface area is 122 Å². The van der Waals surface area contributed by atoms with Crippen molar-refractivity contribution in [1.82, 2.24) is 10.3 Å². The highest BCUT2D eigenvalue weighted by molar-refractivity contribution is 5.85. The van der Waals surface area contributed by atoms with Gasteiger partial charge in [0.1, 0.15) is 0 Å². The van der Waals surface area contributed by atoms with Crippen molar-refractivity contribution in [2.75, 3.05) is 6.54 Å². The van der Waals surface area contributed by atoms with Gasteiger partial charge in [-0.2, -0.15) is 0 Å². The molecule has 0 saturated carbocycles. The highest BCUT2D eigenvalue weighted by Gasteiger charge is 2.22. The van der Waals surface area contributed by atoms with Crippen molar-refractivity contribution < 1.29 is 0 Å². The van der Waals surface area contributed by atoms with E-state index in [1.807, 2.05) is 12.4 Å². The van der Waals surface area contributed by atoms with Crippen LogP contribution in [0.15, 0.2) is 36.7 Å². The quantitative estimate of drug-likeness (QED) is 0.832. The maximum absolute atomic E-state index is 4.24. The van der Waals surface area contributed by atoms with E-state index in [2.05, 4.69) is 62.3 Å². The molecule has 0 spiro atoms. The molecule has 0 aliphatic rings. The molecule has 20 heavy (non-hydrogen) atoms. The van der Waals surface area contributed by atoms with E-state index in [1.54, 1.807) is 0 Å². The summed E-state index contributed by atoms with van der Waals surface area (Å²) in [6, 6.07) is 9.09. The lowest BCUT2D eigenvalue weighted by Crippen LogP contribution is -2.30. The summed E-state index contributed by atoms with van der Waals surface area (Å²) < 4.78 is 0. The first-order chi connectivity index (χ1) is 9.65. The third-order valence-electron chi connectivity index (χ3n) is 4.24. The zero-order valence-corrected chi connectivity index (χ0v) is 13.1. The third-order valence-corrected chi connectivity index (χ3v) is 4.24. The smallest absolute Gasteiger partial charge is 0.0354 e. The van der Waals surface area contributed by atoms with Gasteiger partial charge in [-0.3, -0.25) is 4.98 Å². The molecule has 108 valence electrons. The minimum Gasteiger partial charge on any atom is -0.310 e. The number of fused-ring (bicyclic) bond motifs is 1. The molecule has 2 atom stereocenters. The van der Waals surface area contributed by atoms with E-state index in [4.69, 9.17) is 0 Å². The Hall–Kier alpha value is -1.41. The Kier molecular flexibility index (Phi) is 5.13. The van der Waals surface area contributed by atoms with E-state index in [0.29, 0.717) is 17.9 Å². The normalized spacial score (nSPS) is 14.7. The van der Waals surface area contributed by atoms with Gasteiger partial charge < -0.3 is 5.32 Å². The van der Waals surface area contributed by atoms with Crippen LogP contribution in [0.25, 0.3) is 10.8 Å². The fourth-order valence-corrected chi connectivity index (χ4v) is 2.68. The predicted molar refractivity (Wildman–Crippen MR) is 86.8 cm³/mol. The molecule has 0 fully saturated rings. The van der Waals surface area contributed by atoms with Crippen molar-refractivity contribution >= 4 is 10.8 Å². The number of hydrogen-bond donors (Lipinski definition) is 1. The molecule has 2 unspecified atom stereocenters. The molecule has 2 rings (SSSR count). The number of hydrogen-bond acceptors (Lipinski definition) is 2. The van der Waals surface area contributed by atoms with Crippen LogP contribution in [-0.2, 0) is 0 Å². The van der Waals surface area contributed by atoms with Crippen molar-refractivity contribution in [3.05, 3.63) is 42.2 Å². The van der Waals surface area contributed by atoms with Crippen molar-refractivity contribution in [3.63, 3.8) is 0 Å². The van der Waals surface area contributed by atoms with Gasteiger partial charge in [0.25, 0.3) is 0 Å². The Balaban J connectivity index is 2.44. The molecule has 0 aliphatic heterocycles. The lowest BCUT2D eigenvalue weighted by atomic mass is 9.84. The Bertz CT molecular complexity index is 543. The number of pyridine rings is 1. The average Bonchev–Trinajstić information content (AvgIpc) is 2.47. The molecular weight excluding hydrogens is 244 g/mol. The van der Waals surface area contributed by atoms with Gasteiger partial charge in [-0.05, 0) is 41.8 Å². The second-order valence-electron chi connectivity index (χ2n) is 5.98. The number of nitrogens with one attached hydrogen (secondary N) is 1. The van der Waals surface area contributed by atoms with Crippen LogP contribution in [-0.4, -0.2) is 11.5 Å². The molecular formula is C18H26N2. The van der Waals surface area contributed by atoms with Crippen molar-refractivity contribution in [1.29, 1.82) is 0 Å². The molecule has 0 amide bonds. The second kappa shape index (κ2) is 6.85. The molecule has 2 heteroatoms. The molecule has 1 aromatic heterocycles. The van der Waals surface area contributed by atoms with Crippen LogP contribution in [0, 0.1) is 11.8 Å². The maximum atomic E-state index is 4.24. The first-order valence-corrected chi connectivity index (χ1v) is 7.71. The highest BCUT2D eigenvalue weighted by atomic mass is 14.9.